The molecular weight excluding hydrogens is 593 g/mol. The Morgan fingerprint density at radius 2 is 0.966 bits per heavy atom. The number of aliphatic carboxylic acids is 2. The largest absolute Gasteiger partial charge is 2.00 e. The van der Waals surface area contributed by atoms with Gasteiger partial charge in [0.25, 0.3) is 0 Å². The van der Waals surface area contributed by atoms with Crippen molar-refractivity contribution in [3.63, 3.8) is 0 Å². The van der Waals surface area contributed by atoms with E-state index in [-0.39, 0.29) is 21.1 Å². The minimum absolute atomic E-state index is 0. The van der Waals surface area contributed by atoms with Gasteiger partial charge in [0.2, 0.25) is 0 Å². The number of nitrogens with zero attached hydrogens (tertiary/aromatic N) is 2. The van der Waals surface area contributed by atoms with E-state index in [0.717, 1.165) is 11.4 Å². The van der Waals surface area contributed by atoms with Crippen LogP contribution < -0.4 is 10.2 Å². The topological polar surface area (TPSA) is 106 Å². The number of carbonyl (C=O) groups excluding carboxylic acids is 2. The molecule has 29 heavy (non-hydrogen) atoms. The summed E-state index contributed by atoms with van der Waals surface area (Å²) in [6, 6.07) is 11.7. The van der Waals surface area contributed by atoms with E-state index in [4.69, 9.17) is 19.8 Å². The molecule has 0 aliphatic carbocycles. The van der Waals surface area contributed by atoms with Gasteiger partial charge in [0, 0.05) is 23.8 Å². The molecule has 0 fully saturated rings. The van der Waals surface area contributed by atoms with Crippen LogP contribution in [0.2, 0.25) is 0 Å². The van der Waals surface area contributed by atoms with Gasteiger partial charge in [-0.15, -0.1) is 0 Å². The van der Waals surface area contributed by atoms with Crippen LogP contribution in [0.15, 0.2) is 48.8 Å². The number of hydrogen-bond acceptors (Lipinski definition) is 6. The molecule has 0 aliphatic heterocycles. The first kappa shape index (κ1) is 31.2. The van der Waals surface area contributed by atoms with Gasteiger partial charge in [-0.1, -0.05) is 12.1 Å². The van der Waals surface area contributed by atoms with Gasteiger partial charge in [-0.25, -0.2) is 0 Å². The molecule has 0 aromatic carbocycles. The molecule has 0 N–H and O–H groups in total. The summed E-state index contributed by atoms with van der Waals surface area (Å²) in [5.74, 6) is -6.01. The molecule has 164 valence electrons. The van der Waals surface area contributed by atoms with Crippen LogP contribution in [0.3, 0.4) is 0 Å². The molecule has 2 aromatic rings. The van der Waals surface area contributed by atoms with Gasteiger partial charge in [0.1, 0.15) is 11.9 Å². The molecule has 13 heteroatoms. The average molecular weight is 607 g/mol. The number of pyridine rings is 2. The average Bonchev–Trinajstić information content (AvgIpc) is 2.56. The standard InChI is InChI=1S/2C6H7N.2C2HF3O2.Pt/c2*1-6-4-2-3-5-7-6;2*3-2(4,5)1(6)7;/h2*2-5H,1H3;2*(H,6,7);/q;;;;+2/p-2. The van der Waals surface area contributed by atoms with Crippen LogP contribution in [0, 0.1) is 13.8 Å². The SMILES string of the molecule is Cc1ccccn1.Cc1ccccn1.O=C([O-])C(F)(F)F.O=C([O-])C(F)(F)F.[Pt+2]. The summed E-state index contributed by atoms with van der Waals surface area (Å²) in [4.78, 5) is 25.5. The van der Waals surface area contributed by atoms with E-state index in [1.807, 2.05) is 50.2 Å². The number of carboxylic acid groups (broad SMARTS) is 2. The van der Waals surface area contributed by atoms with Crippen molar-refractivity contribution in [1.29, 1.82) is 0 Å². The van der Waals surface area contributed by atoms with Gasteiger partial charge in [0.15, 0.2) is 0 Å². The molecular formula is C16H14F6N2O4Pt. The molecule has 0 bridgehead atoms. The third kappa shape index (κ3) is 21.7. The zero-order valence-electron chi connectivity index (χ0n) is 14.7. The maximum atomic E-state index is 10.5. The van der Waals surface area contributed by atoms with Crippen molar-refractivity contribution in [2.75, 3.05) is 0 Å². The molecule has 0 saturated heterocycles. The summed E-state index contributed by atoms with van der Waals surface area (Å²) in [5.41, 5.74) is 2.14. The van der Waals surface area contributed by atoms with Crippen molar-refractivity contribution in [1.82, 2.24) is 9.97 Å². The number of hydrogen-bond donors (Lipinski definition) is 0. The van der Waals surface area contributed by atoms with Crippen molar-refractivity contribution < 1.29 is 67.2 Å². The van der Waals surface area contributed by atoms with Crippen LogP contribution in [0.1, 0.15) is 11.4 Å². The first-order valence-corrected chi connectivity index (χ1v) is 6.99. The van der Waals surface area contributed by atoms with E-state index < -0.39 is 24.3 Å². The summed E-state index contributed by atoms with van der Waals surface area (Å²) in [6.07, 6.45) is -6.81. The Morgan fingerprint density at radius 3 is 1.03 bits per heavy atom. The minimum Gasteiger partial charge on any atom is -0.542 e. The van der Waals surface area contributed by atoms with Gasteiger partial charge >= 0.3 is 33.4 Å². The van der Waals surface area contributed by atoms with E-state index in [9.17, 15) is 26.3 Å². The Morgan fingerprint density at radius 1 is 0.724 bits per heavy atom. The Hall–Kier alpha value is -2.49. The first-order chi connectivity index (χ1) is 12.7. The zero-order valence-corrected chi connectivity index (χ0v) is 17.0. The van der Waals surface area contributed by atoms with Crippen LogP contribution in [-0.4, -0.2) is 34.3 Å². The van der Waals surface area contributed by atoms with Crippen LogP contribution in [-0.2, 0) is 30.7 Å². The number of rotatable bonds is 0. The minimum atomic E-state index is -5.19. The molecule has 0 spiro atoms. The smallest absolute Gasteiger partial charge is 0.542 e. The predicted molar refractivity (Wildman–Crippen MR) is 80.1 cm³/mol. The molecule has 0 unspecified atom stereocenters. The number of carbonyl (C=O) groups is 2. The number of aryl methyl sites for hydroxylation is 2. The van der Waals surface area contributed by atoms with Crippen molar-refractivity contribution in [2.45, 2.75) is 26.2 Å². The fourth-order valence-corrected chi connectivity index (χ4v) is 0.896. The summed E-state index contributed by atoms with van der Waals surface area (Å²) < 4.78 is 63.1. The van der Waals surface area contributed by atoms with Gasteiger partial charge in [-0.3, -0.25) is 9.97 Å². The second-order valence-corrected chi connectivity index (χ2v) is 4.51. The number of aromatic nitrogens is 2. The van der Waals surface area contributed by atoms with E-state index >= 15 is 0 Å². The Labute approximate surface area is 175 Å². The number of carboxylic acids is 2. The summed E-state index contributed by atoms with van der Waals surface area (Å²) >= 11 is 0. The Bertz CT molecular complexity index is 637. The van der Waals surface area contributed by atoms with Gasteiger partial charge in [0.05, 0.1) is 0 Å². The number of alkyl halides is 6. The molecule has 2 aromatic heterocycles. The molecule has 2 heterocycles. The molecule has 0 amide bonds. The fraction of sp³-hybridized carbons (Fsp3) is 0.250. The Kier molecular flexibility index (Phi) is 16.6. The summed E-state index contributed by atoms with van der Waals surface area (Å²) in [7, 11) is 0. The monoisotopic (exact) mass is 607 g/mol. The zero-order chi connectivity index (χ0) is 22.4. The normalized spacial score (nSPS) is 9.66. The molecule has 0 atom stereocenters. The quantitative estimate of drug-likeness (QED) is 0.420. The van der Waals surface area contributed by atoms with E-state index in [1.54, 1.807) is 12.4 Å². The molecule has 2 rings (SSSR count). The molecule has 0 radical (unpaired) electrons. The van der Waals surface area contributed by atoms with Crippen LogP contribution in [0.25, 0.3) is 0 Å². The first-order valence-electron chi connectivity index (χ1n) is 6.99. The van der Waals surface area contributed by atoms with Crippen LogP contribution >= 0.6 is 0 Å². The summed E-state index contributed by atoms with van der Waals surface area (Å²) in [6.45, 7) is 3.94. The maximum absolute atomic E-state index is 10.5. The second kappa shape index (κ2) is 15.4. The van der Waals surface area contributed by atoms with Gasteiger partial charge in [-0.05, 0) is 38.1 Å². The fourth-order valence-electron chi connectivity index (χ4n) is 0.896. The van der Waals surface area contributed by atoms with E-state index in [0.29, 0.717) is 0 Å². The van der Waals surface area contributed by atoms with Crippen LogP contribution in [0.4, 0.5) is 26.3 Å². The summed E-state index contributed by atoms with van der Waals surface area (Å²) in [5, 5.41) is 17.6. The molecule has 0 aliphatic rings. The van der Waals surface area contributed by atoms with E-state index in [2.05, 4.69) is 9.97 Å². The second-order valence-electron chi connectivity index (χ2n) is 4.51. The van der Waals surface area contributed by atoms with Crippen molar-refractivity contribution in [3.05, 3.63) is 60.2 Å². The third-order valence-electron chi connectivity index (χ3n) is 2.09. The molecule has 0 saturated carbocycles. The van der Waals surface area contributed by atoms with E-state index in [1.165, 1.54) is 0 Å². The maximum Gasteiger partial charge on any atom is 2.00 e. The van der Waals surface area contributed by atoms with Gasteiger partial charge in [-0.2, -0.15) is 26.3 Å². The van der Waals surface area contributed by atoms with Crippen molar-refractivity contribution in [3.8, 4) is 0 Å². The number of halogens is 6. The van der Waals surface area contributed by atoms with Crippen molar-refractivity contribution in [2.24, 2.45) is 0 Å². The Balaban J connectivity index is -0.000000307. The van der Waals surface area contributed by atoms with Gasteiger partial charge < -0.3 is 19.8 Å². The van der Waals surface area contributed by atoms with Crippen LogP contribution in [0.5, 0.6) is 0 Å². The van der Waals surface area contributed by atoms with Crippen molar-refractivity contribution >= 4 is 11.9 Å². The third-order valence-corrected chi connectivity index (χ3v) is 2.09. The predicted octanol–water partition coefficient (Wildman–Crippen LogP) is 1.37. The molecule has 6 nitrogen and oxygen atoms in total.